The number of carboxylic acid groups (broad SMARTS) is 1. The lowest BCUT2D eigenvalue weighted by Gasteiger charge is -2.31. The Morgan fingerprint density at radius 3 is 2.27 bits per heavy atom. The summed E-state index contributed by atoms with van der Waals surface area (Å²) >= 11 is 0. The van der Waals surface area contributed by atoms with Crippen LogP contribution in [0, 0.1) is 0 Å². The summed E-state index contributed by atoms with van der Waals surface area (Å²) in [5.41, 5.74) is 0. The highest BCUT2D eigenvalue weighted by atomic mass is 16.4. The normalized spacial score (nSPS) is 14.7. The first-order chi connectivity index (χ1) is 6.93. The van der Waals surface area contributed by atoms with Crippen LogP contribution < -0.4 is 5.32 Å². The molecule has 2 atom stereocenters. The van der Waals surface area contributed by atoms with Crippen molar-refractivity contribution in [1.82, 2.24) is 10.2 Å². The van der Waals surface area contributed by atoms with Crippen molar-refractivity contribution >= 4 is 11.9 Å². The number of aliphatic carboxylic acids is 1. The molecule has 0 aromatic carbocycles. The predicted octanol–water partition coefficient (Wildman–Crippen LogP) is 0.306. The Labute approximate surface area is 90.5 Å². The van der Waals surface area contributed by atoms with Gasteiger partial charge in [-0.1, -0.05) is 6.92 Å². The number of carboxylic acids is 1. The number of hydrogen-bond donors (Lipinski definition) is 2. The minimum absolute atomic E-state index is 0.0772. The van der Waals surface area contributed by atoms with E-state index in [9.17, 15) is 9.59 Å². The third-order valence-electron chi connectivity index (χ3n) is 2.60. The lowest BCUT2D eigenvalue weighted by Crippen LogP contribution is -2.50. The zero-order chi connectivity index (χ0) is 12.0. The quantitative estimate of drug-likeness (QED) is 0.670. The average molecular weight is 216 g/mol. The third kappa shape index (κ3) is 4.29. The van der Waals surface area contributed by atoms with Crippen LogP contribution in [0.2, 0.25) is 0 Å². The molecule has 2 N–H and O–H groups in total. The van der Waals surface area contributed by atoms with E-state index in [1.807, 2.05) is 13.8 Å². The fraction of sp³-hybridized carbons (Fsp3) is 0.800. The Morgan fingerprint density at radius 1 is 1.40 bits per heavy atom. The van der Waals surface area contributed by atoms with Crippen molar-refractivity contribution in [3.63, 3.8) is 0 Å². The summed E-state index contributed by atoms with van der Waals surface area (Å²) in [6.07, 6.45) is 0.814. The van der Waals surface area contributed by atoms with Crippen LogP contribution in [0.1, 0.15) is 27.2 Å². The summed E-state index contributed by atoms with van der Waals surface area (Å²) in [5.74, 6) is -1.07. The Kier molecular flexibility index (Phi) is 5.93. The summed E-state index contributed by atoms with van der Waals surface area (Å²) < 4.78 is 0. The summed E-state index contributed by atoms with van der Waals surface area (Å²) in [6.45, 7) is 5.50. The van der Waals surface area contributed by atoms with Gasteiger partial charge in [-0.2, -0.15) is 0 Å². The molecule has 0 rings (SSSR count). The molecule has 15 heavy (non-hydrogen) atoms. The van der Waals surface area contributed by atoms with E-state index < -0.39 is 12.0 Å². The average Bonchev–Trinajstić information content (AvgIpc) is 2.22. The molecule has 0 saturated heterocycles. The van der Waals surface area contributed by atoms with Crippen LogP contribution in [0.4, 0.5) is 0 Å². The standard InChI is InChI=1S/C10H20N2O3/c1-5-7(2)12(6-9(13)14)8(3)10(15)11-4/h7-8H,5-6H2,1-4H3,(H,11,15)(H,13,14). The molecule has 0 saturated carbocycles. The van der Waals surface area contributed by atoms with Crippen molar-refractivity contribution in [1.29, 1.82) is 0 Å². The summed E-state index contributed by atoms with van der Waals surface area (Å²) in [7, 11) is 1.55. The minimum atomic E-state index is -0.911. The van der Waals surface area contributed by atoms with E-state index in [2.05, 4.69) is 5.32 Å². The van der Waals surface area contributed by atoms with Crippen LogP contribution in [0.5, 0.6) is 0 Å². The lowest BCUT2D eigenvalue weighted by molar-refractivity contribution is -0.140. The first-order valence-electron chi connectivity index (χ1n) is 5.13. The van der Waals surface area contributed by atoms with Crippen LogP contribution in [0.15, 0.2) is 0 Å². The second-order valence-corrected chi connectivity index (χ2v) is 3.61. The maximum absolute atomic E-state index is 11.4. The van der Waals surface area contributed by atoms with Crippen molar-refractivity contribution in [2.45, 2.75) is 39.3 Å². The molecule has 5 nitrogen and oxygen atoms in total. The monoisotopic (exact) mass is 216 g/mol. The van der Waals surface area contributed by atoms with Gasteiger partial charge in [0.1, 0.15) is 0 Å². The van der Waals surface area contributed by atoms with E-state index in [0.717, 1.165) is 6.42 Å². The summed E-state index contributed by atoms with van der Waals surface area (Å²) in [4.78, 5) is 23.8. The zero-order valence-electron chi connectivity index (χ0n) is 9.78. The molecule has 0 aromatic rings. The predicted molar refractivity (Wildman–Crippen MR) is 57.6 cm³/mol. The molecule has 0 aliphatic rings. The topological polar surface area (TPSA) is 69.6 Å². The Hall–Kier alpha value is -1.10. The highest BCUT2D eigenvalue weighted by Crippen LogP contribution is 2.08. The van der Waals surface area contributed by atoms with E-state index in [1.165, 1.54) is 0 Å². The number of carbonyl (C=O) groups is 2. The molecule has 1 amide bonds. The lowest BCUT2D eigenvalue weighted by atomic mass is 10.1. The highest BCUT2D eigenvalue weighted by Gasteiger charge is 2.25. The van der Waals surface area contributed by atoms with Gasteiger partial charge in [-0.15, -0.1) is 0 Å². The van der Waals surface area contributed by atoms with Crippen LogP contribution in [-0.2, 0) is 9.59 Å². The molecule has 0 aliphatic carbocycles. The molecule has 0 spiro atoms. The molecular formula is C10H20N2O3. The van der Waals surface area contributed by atoms with Crippen LogP contribution in [0.3, 0.4) is 0 Å². The zero-order valence-corrected chi connectivity index (χ0v) is 9.78. The van der Waals surface area contributed by atoms with E-state index >= 15 is 0 Å². The van der Waals surface area contributed by atoms with Crippen molar-refractivity contribution < 1.29 is 14.7 Å². The third-order valence-corrected chi connectivity index (χ3v) is 2.60. The minimum Gasteiger partial charge on any atom is -0.480 e. The summed E-state index contributed by atoms with van der Waals surface area (Å²) in [5, 5.41) is 11.3. The number of carbonyl (C=O) groups excluding carboxylic acids is 1. The van der Waals surface area contributed by atoms with Crippen molar-refractivity contribution in [3.8, 4) is 0 Å². The molecule has 5 heteroatoms. The number of hydrogen-bond acceptors (Lipinski definition) is 3. The van der Waals surface area contributed by atoms with Crippen molar-refractivity contribution in [2.75, 3.05) is 13.6 Å². The maximum atomic E-state index is 11.4. The second-order valence-electron chi connectivity index (χ2n) is 3.61. The maximum Gasteiger partial charge on any atom is 0.317 e. The van der Waals surface area contributed by atoms with E-state index in [0.29, 0.717) is 0 Å². The van der Waals surface area contributed by atoms with Crippen molar-refractivity contribution in [3.05, 3.63) is 0 Å². The van der Waals surface area contributed by atoms with E-state index in [1.54, 1.807) is 18.9 Å². The fourth-order valence-corrected chi connectivity index (χ4v) is 1.42. The van der Waals surface area contributed by atoms with Gasteiger partial charge in [0, 0.05) is 13.1 Å². The SMILES string of the molecule is CCC(C)N(CC(=O)O)C(C)C(=O)NC. The van der Waals surface area contributed by atoms with Crippen LogP contribution in [0.25, 0.3) is 0 Å². The molecular weight excluding hydrogens is 196 g/mol. The Balaban J connectivity index is 4.60. The van der Waals surface area contributed by atoms with Gasteiger partial charge in [-0.3, -0.25) is 14.5 Å². The molecule has 0 fully saturated rings. The first-order valence-corrected chi connectivity index (χ1v) is 5.13. The molecule has 0 heterocycles. The van der Waals surface area contributed by atoms with E-state index in [-0.39, 0.29) is 18.5 Å². The number of nitrogens with zero attached hydrogens (tertiary/aromatic N) is 1. The largest absolute Gasteiger partial charge is 0.480 e. The number of rotatable bonds is 6. The number of likely N-dealkylation sites (N-methyl/N-ethyl adjacent to an activating group) is 1. The van der Waals surface area contributed by atoms with Crippen LogP contribution in [-0.4, -0.2) is 47.6 Å². The smallest absolute Gasteiger partial charge is 0.317 e. The van der Waals surface area contributed by atoms with Gasteiger partial charge in [0.2, 0.25) is 5.91 Å². The molecule has 2 unspecified atom stereocenters. The number of nitrogens with one attached hydrogen (secondary N) is 1. The highest BCUT2D eigenvalue weighted by molar-refractivity contribution is 5.81. The second kappa shape index (κ2) is 6.40. The Morgan fingerprint density at radius 2 is 1.93 bits per heavy atom. The van der Waals surface area contributed by atoms with E-state index in [4.69, 9.17) is 5.11 Å². The van der Waals surface area contributed by atoms with Gasteiger partial charge < -0.3 is 10.4 Å². The molecule has 88 valence electrons. The fourth-order valence-electron chi connectivity index (χ4n) is 1.42. The molecule has 0 aliphatic heterocycles. The molecule has 0 radical (unpaired) electrons. The van der Waals surface area contributed by atoms with Gasteiger partial charge in [-0.25, -0.2) is 0 Å². The van der Waals surface area contributed by atoms with Gasteiger partial charge in [0.05, 0.1) is 12.6 Å². The summed E-state index contributed by atoms with van der Waals surface area (Å²) in [6, 6.07) is -0.338. The van der Waals surface area contributed by atoms with Crippen LogP contribution >= 0.6 is 0 Å². The number of amides is 1. The van der Waals surface area contributed by atoms with Gasteiger partial charge in [0.25, 0.3) is 0 Å². The van der Waals surface area contributed by atoms with Gasteiger partial charge >= 0.3 is 5.97 Å². The molecule has 0 aromatic heterocycles. The Bertz CT molecular complexity index is 231. The molecule has 0 bridgehead atoms. The first kappa shape index (κ1) is 13.9. The van der Waals surface area contributed by atoms with Gasteiger partial charge in [0.15, 0.2) is 0 Å². The van der Waals surface area contributed by atoms with Gasteiger partial charge in [-0.05, 0) is 20.3 Å². The van der Waals surface area contributed by atoms with Crippen molar-refractivity contribution in [2.24, 2.45) is 0 Å².